The fraction of sp³-hybridized carbons (Fsp3) is 0.125. The molecule has 6 heteroatoms. The van der Waals surface area contributed by atoms with E-state index in [9.17, 15) is 0 Å². The van der Waals surface area contributed by atoms with Gasteiger partial charge in [0.1, 0.15) is 5.69 Å². The first-order valence-electron chi connectivity index (χ1n) is 10.1. The van der Waals surface area contributed by atoms with Crippen molar-refractivity contribution in [2.75, 3.05) is 13.1 Å². The number of aromatic nitrogens is 5. The van der Waals surface area contributed by atoms with E-state index in [1.165, 1.54) is 11.1 Å². The predicted molar refractivity (Wildman–Crippen MR) is 120 cm³/mol. The van der Waals surface area contributed by atoms with Crippen LogP contribution in [0.1, 0.15) is 12.0 Å². The molecule has 0 amide bonds. The second-order valence-corrected chi connectivity index (χ2v) is 7.53. The van der Waals surface area contributed by atoms with Gasteiger partial charge in [0.25, 0.3) is 0 Å². The van der Waals surface area contributed by atoms with Crippen molar-refractivity contribution in [1.82, 2.24) is 30.5 Å². The summed E-state index contributed by atoms with van der Waals surface area (Å²) in [6, 6.07) is 16.5. The normalized spacial score (nSPS) is 14.3. The molecule has 0 saturated carbocycles. The fourth-order valence-electron chi connectivity index (χ4n) is 4.19. The maximum absolute atomic E-state index is 4.63. The Morgan fingerprint density at radius 3 is 2.67 bits per heavy atom. The Balaban J connectivity index is 1.50. The van der Waals surface area contributed by atoms with Gasteiger partial charge in [-0.2, -0.15) is 5.10 Å². The van der Waals surface area contributed by atoms with Gasteiger partial charge in [-0.25, -0.2) is 0 Å². The Morgan fingerprint density at radius 2 is 1.80 bits per heavy atom. The van der Waals surface area contributed by atoms with E-state index in [0.717, 1.165) is 64.1 Å². The fourth-order valence-corrected chi connectivity index (χ4v) is 4.19. The molecule has 0 saturated heterocycles. The van der Waals surface area contributed by atoms with Gasteiger partial charge in [0.05, 0.1) is 22.6 Å². The molecule has 0 spiro atoms. The zero-order valence-corrected chi connectivity index (χ0v) is 16.3. The third-order valence-corrected chi connectivity index (χ3v) is 5.71. The smallest absolute Gasteiger partial charge is 0.116 e. The second kappa shape index (κ2) is 6.93. The average Bonchev–Trinajstić information content (AvgIpc) is 3.43. The van der Waals surface area contributed by atoms with Gasteiger partial charge in [0.15, 0.2) is 0 Å². The lowest BCUT2D eigenvalue weighted by Gasteiger charge is -2.14. The maximum Gasteiger partial charge on any atom is 0.116 e. The molecule has 0 unspecified atom stereocenters. The number of benzene rings is 1. The van der Waals surface area contributed by atoms with Crippen LogP contribution in [0.3, 0.4) is 0 Å². The van der Waals surface area contributed by atoms with Crippen molar-refractivity contribution < 1.29 is 0 Å². The van der Waals surface area contributed by atoms with E-state index < -0.39 is 0 Å². The van der Waals surface area contributed by atoms with Crippen LogP contribution in [0.15, 0.2) is 67.0 Å². The molecule has 0 atom stereocenters. The number of pyridine rings is 2. The van der Waals surface area contributed by atoms with Gasteiger partial charge < -0.3 is 10.3 Å². The first-order valence-corrected chi connectivity index (χ1v) is 10.1. The lowest BCUT2D eigenvalue weighted by atomic mass is 9.98. The van der Waals surface area contributed by atoms with Crippen molar-refractivity contribution in [2.45, 2.75) is 6.42 Å². The van der Waals surface area contributed by atoms with Gasteiger partial charge in [-0.1, -0.05) is 18.2 Å². The quantitative estimate of drug-likeness (QED) is 0.421. The summed E-state index contributed by atoms with van der Waals surface area (Å²) in [6.45, 7) is 1.95. The number of hydrogen-bond acceptors (Lipinski definition) is 4. The van der Waals surface area contributed by atoms with Crippen molar-refractivity contribution >= 4 is 27.4 Å². The van der Waals surface area contributed by atoms with Gasteiger partial charge in [0, 0.05) is 35.2 Å². The number of rotatable bonds is 3. The molecule has 5 heterocycles. The highest BCUT2D eigenvalue weighted by Crippen LogP contribution is 2.33. The largest absolute Gasteiger partial charge is 0.353 e. The lowest BCUT2D eigenvalue weighted by molar-refractivity contribution is 0.739. The Morgan fingerprint density at radius 1 is 0.833 bits per heavy atom. The number of H-pyrrole nitrogens is 2. The topological polar surface area (TPSA) is 82.3 Å². The minimum absolute atomic E-state index is 0.862. The van der Waals surface area contributed by atoms with E-state index >= 15 is 0 Å². The van der Waals surface area contributed by atoms with E-state index in [2.05, 4.69) is 60.8 Å². The van der Waals surface area contributed by atoms with E-state index in [0.29, 0.717) is 0 Å². The van der Waals surface area contributed by atoms with Crippen LogP contribution < -0.4 is 5.32 Å². The van der Waals surface area contributed by atoms with Crippen molar-refractivity contribution in [2.24, 2.45) is 0 Å². The van der Waals surface area contributed by atoms with E-state index in [4.69, 9.17) is 0 Å². The van der Waals surface area contributed by atoms with Gasteiger partial charge in [-0.15, -0.1) is 0 Å². The monoisotopic (exact) mass is 392 g/mol. The highest BCUT2D eigenvalue weighted by Gasteiger charge is 2.16. The van der Waals surface area contributed by atoms with E-state index in [1.807, 2.05) is 30.5 Å². The molecule has 4 aromatic heterocycles. The Hall–Kier alpha value is -3.77. The molecule has 0 radical (unpaired) electrons. The first kappa shape index (κ1) is 17.1. The minimum atomic E-state index is 0.862. The third-order valence-electron chi connectivity index (χ3n) is 5.71. The molecule has 0 bridgehead atoms. The Labute approximate surface area is 173 Å². The predicted octanol–water partition coefficient (Wildman–Crippen LogP) is 4.54. The summed E-state index contributed by atoms with van der Waals surface area (Å²) in [6.07, 6.45) is 6.93. The molecule has 0 fully saturated rings. The van der Waals surface area contributed by atoms with Crippen LogP contribution in [0, 0.1) is 0 Å². The number of nitrogens with one attached hydrogen (secondary N) is 3. The van der Waals surface area contributed by atoms with Crippen LogP contribution in [-0.4, -0.2) is 38.2 Å². The molecule has 30 heavy (non-hydrogen) atoms. The highest BCUT2D eigenvalue weighted by molar-refractivity contribution is 6.00. The first-order chi connectivity index (χ1) is 14.9. The Bertz CT molecular complexity index is 1390. The van der Waals surface area contributed by atoms with Gasteiger partial charge in [-0.05, 0) is 60.5 Å². The van der Waals surface area contributed by atoms with Crippen molar-refractivity contribution in [3.63, 3.8) is 0 Å². The third kappa shape index (κ3) is 2.81. The number of nitrogens with zero attached hydrogens (tertiary/aromatic N) is 3. The summed E-state index contributed by atoms with van der Waals surface area (Å²) in [4.78, 5) is 12.6. The molecule has 3 N–H and O–H groups in total. The summed E-state index contributed by atoms with van der Waals surface area (Å²) < 4.78 is 0. The van der Waals surface area contributed by atoms with E-state index in [1.54, 1.807) is 6.20 Å². The molecular weight excluding hydrogens is 372 g/mol. The Kier molecular flexibility index (Phi) is 3.95. The maximum atomic E-state index is 4.63. The van der Waals surface area contributed by atoms with E-state index in [-0.39, 0.29) is 0 Å². The molecule has 1 aliphatic heterocycles. The molecule has 1 aliphatic rings. The van der Waals surface area contributed by atoms with Gasteiger partial charge in [-0.3, -0.25) is 15.1 Å². The van der Waals surface area contributed by atoms with Crippen molar-refractivity contribution in [3.8, 4) is 22.8 Å². The average molecular weight is 392 g/mol. The molecule has 5 aromatic rings. The minimum Gasteiger partial charge on any atom is -0.353 e. The molecule has 146 valence electrons. The zero-order chi connectivity index (χ0) is 19.9. The number of aromatic amines is 2. The second-order valence-electron chi connectivity index (χ2n) is 7.53. The van der Waals surface area contributed by atoms with Crippen LogP contribution in [0.4, 0.5) is 0 Å². The van der Waals surface area contributed by atoms with Crippen LogP contribution in [0.5, 0.6) is 0 Å². The summed E-state index contributed by atoms with van der Waals surface area (Å²) in [5.41, 5.74) is 8.33. The highest BCUT2D eigenvalue weighted by atomic mass is 15.1. The summed E-state index contributed by atoms with van der Waals surface area (Å²) >= 11 is 0. The lowest BCUT2D eigenvalue weighted by Crippen LogP contribution is -2.19. The van der Waals surface area contributed by atoms with Crippen molar-refractivity contribution in [1.29, 1.82) is 0 Å². The summed E-state index contributed by atoms with van der Waals surface area (Å²) in [7, 11) is 0. The molecule has 0 aliphatic carbocycles. The van der Waals surface area contributed by atoms with Crippen LogP contribution >= 0.6 is 0 Å². The number of hydrogen-bond donors (Lipinski definition) is 3. The van der Waals surface area contributed by atoms with Gasteiger partial charge in [0.2, 0.25) is 0 Å². The standard InChI is InChI=1S/C24H20N6/c1-2-9-26-21(3-1)23-18-14-22(28-19(18)8-12-27-23)24-17-13-16(4-5-20(17)29-30-24)15-6-10-25-11-7-15/h1-6,8-9,12-14,25,28H,7,10-11H2,(H,29,30). The van der Waals surface area contributed by atoms with Crippen molar-refractivity contribution in [3.05, 3.63) is 72.6 Å². The molecular formula is C24H20N6. The molecule has 6 nitrogen and oxygen atoms in total. The zero-order valence-electron chi connectivity index (χ0n) is 16.3. The van der Waals surface area contributed by atoms with Crippen LogP contribution in [0.2, 0.25) is 0 Å². The SMILES string of the molecule is C1=C(c2ccc3[nH]nc(-c4cc5c(-c6ccccn6)nccc5[nH]4)c3c2)CCNC1. The van der Waals surface area contributed by atoms with Crippen LogP contribution in [0.25, 0.3) is 50.2 Å². The summed E-state index contributed by atoms with van der Waals surface area (Å²) in [5.74, 6) is 0. The summed E-state index contributed by atoms with van der Waals surface area (Å²) in [5, 5.41) is 13.3. The molecule has 1 aromatic carbocycles. The van der Waals surface area contributed by atoms with Gasteiger partial charge >= 0.3 is 0 Å². The molecule has 6 rings (SSSR count). The number of fused-ring (bicyclic) bond motifs is 2. The van der Waals surface area contributed by atoms with Crippen LogP contribution in [-0.2, 0) is 0 Å².